The van der Waals surface area contributed by atoms with E-state index in [9.17, 15) is 0 Å². The number of hydrogen-bond acceptors (Lipinski definition) is 2. The molecule has 0 unspecified atom stereocenters. The lowest BCUT2D eigenvalue weighted by molar-refractivity contribution is -0.0789. The molecule has 10 rings (SSSR count). The SMILES string of the molecule is c1ccc2c(c1)c1ccccc1n2-c1ccc2c(c1)OC1(C2)Cc2ccc(-n3c4ccccc4c4ccccc43)cc2O1. The van der Waals surface area contributed by atoms with Crippen LogP contribution in [0.3, 0.4) is 0 Å². The molecule has 0 N–H and O–H groups in total. The Hall–Kier alpha value is -5.48. The van der Waals surface area contributed by atoms with E-state index in [1.165, 1.54) is 54.7 Å². The summed E-state index contributed by atoms with van der Waals surface area (Å²) < 4.78 is 18.1. The van der Waals surface area contributed by atoms with E-state index in [2.05, 4.69) is 143 Å². The van der Waals surface area contributed by atoms with Gasteiger partial charge < -0.3 is 18.6 Å². The molecule has 0 aliphatic carbocycles. The summed E-state index contributed by atoms with van der Waals surface area (Å²) in [6.07, 6.45) is 1.43. The van der Waals surface area contributed by atoms with E-state index in [-0.39, 0.29) is 0 Å². The highest BCUT2D eigenvalue weighted by Crippen LogP contribution is 2.46. The number of nitrogens with zero attached hydrogens (tertiary/aromatic N) is 2. The molecule has 1 spiro atoms. The standard InChI is InChI=1S/C39H26N2O2/c1-5-13-33-29(9-1)30-10-2-6-14-34(30)40(33)27-19-17-25-23-39(42-37(25)21-27)24-26-18-20-28(22-38(26)43-39)41-35-15-7-3-11-31(35)32-12-4-8-16-36(32)41/h1-22H,23-24H2. The molecule has 0 fully saturated rings. The summed E-state index contributed by atoms with van der Waals surface area (Å²) in [7, 11) is 0. The van der Waals surface area contributed by atoms with Crippen LogP contribution >= 0.6 is 0 Å². The topological polar surface area (TPSA) is 28.3 Å². The number of para-hydroxylation sites is 4. The zero-order valence-electron chi connectivity index (χ0n) is 23.3. The first-order valence-electron chi connectivity index (χ1n) is 14.9. The highest BCUT2D eigenvalue weighted by molar-refractivity contribution is 6.10. The molecule has 2 aliphatic heterocycles. The minimum absolute atomic E-state index is 0.717. The molecule has 4 heteroatoms. The van der Waals surface area contributed by atoms with E-state index in [0.717, 1.165) is 35.7 Å². The number of hydrogen-bond donors (Lipinski definition) is 0. The summed E-state index contributed by atoms with van der Waals surface area (Å²) in [5.41, 5.74) is 9.32. The molecule has 0 radical (unpaired) electrons. The fraction of sp³-hybridized carbons (Fsp3) is 0.0769. The Morgan fingerprint density at radius 2 is 0.767 bits per heavy atom. The summed E-state index contributed by atoms with van der Waals surface area (Å²) in [5.74, 6) is 1.08. The second-order valence-electron chi connectivity index (χ2n) is 11.8. The van der Waals surface area contributed by atoms with Crippen molar-refractivity contribution in [3.05, 3.63) is 145 Å². The molecule has 4 nitrogen and oxygen atoms in total. The molecule has 0 bridgehead atoms. The predicted molar refractivity (Wildman–Crippen MR) is 173 cm³/mol. The van der Waals surface area contributed by atoms with Crippen molar-refractivity contribution in [1.82, 2.24) is 9.13 Å². The van der Waals surface area contributed by atoms with Crippen molar-refractivity contribution in [3.8, 4) is 22.9 Å². The normalized spacial score (nSPS) is 14.9. The van der Waals surface area contributed by atoms with Crippen LogP contribution in [0.4, 0.5) is 0 Å². The smallest absolute Gasteiger partial charge is 0.259 e. The number of rotatable bonds is 2. The lowest BCUT2D eigenvalue weighted by Crippen LogP contribution is -2.39. The Morgan fingerprint density at radius 1 is 0.419 bits per heavy atom. The van der Waals surface area contributed by atoms with Crippen molar-refractivity contribution in [2.24, 2.45) is 0 Å². The van der Waals surface area contributed by atoms with E-state index in [4.69, 9.17) is 9.47 Å². The van der Waals surface area contributed by atoms with Crippen molar-refractivity contribution in [2.75, 3.05) is 0 Å². The highest BCUT2D eigenvalue weighted by Gasteiger charge is 2.47. The first-order valence-corrected chi connectivity index (χ1v) is 14.9. The maximum absolute atomic E-state index is 6.73. The third kappa shape index (κ3) is 3.21. The average Bonchev–Trinajstić information content (AvgIpc) is 3.78. The van der Waals surface area contributed by atoms with Crippen LogP contribution < -0.4 is 9.47 Å². The third-order valence-corrected chi connectivity index (χ3v) is 9.29. The first kappa shape index (κ1) is 23.1. The number of ether oxygens (including phenoxy) is 2. The van der Waals surface area contributed by atoms with Crippen molar-refractivity contribution >= 4 is 43.6 Å². The molecule has 2 aliphatic rings. The Bertz CT molecular complexity index is 2150. The van der Waals surface area contributed by atoms with Gasteiger partial charge in [-0.25, -0.2) is 0 Å². The maximum Gasteiger partial charge on any atom is 0.259 e. The van der Waals surface area contributed by atoms with Crippen LogP contribution in [0.5, 0.6) is 11.5 Å². The van der Waals surface area contributed by atoms with Crippen LogP contribution in [0.15, 0.2) is 133 Å². The largest absolute Gasteiger partial charge is 0.451 e. The van der Waals surface area contributed by atoms with Gasteiger partial charge in [-0.15, -0.1) is 0 Å². The molecule has 0 amide bonds. The Balaban J connectivity index is 1.03. The monoisotopic (exact) mass is 554 g/mol. The molecule has 4 heterocycles. The summed E-state index contributed by atoms with van der Waals surface area (Å²) in [4.78, 5) is 0. The van der Waals surface area contributed by atoms with Gasteiger partial charge in [0.25, 0.3) is 5.79 Å². The summed E-state index contributed by atoms with van der Waals surface area (Å²) in [6.45, 7) is 0. The summed E-state index contributed by atoms with van der Waals surface area (Å²) in [6, 6.07) is 47.6. The van der Waals surface area contributed by atoms with E-state index in [1.807, 2.05) is 0 Å². The van der Waals surface area contributed by atoms with Gasteiger partial charge in [-0.3, -0.25) is 0 Å². The molecule has 0 saturated heterocycles. The van der Waals surface area contributed by atoms with Crippen molar-refractivity contribution in [3.63, 3.8) is 0 Å². The molecular weight excluding hydrogens is 528 g/mol. The number of fused-ring (bicyclic) bond motifs is 8. The highest BCUT2D eigenvalue weighted by atomic mass is 16.7. The van der Waals surface area contributed by atoms with Crippen LogP contribution in [-0.4, -0.2) is 14.9 Å². The van der Waals surface area contributed by atoms with E-state index < -0.39 is 5.79 Å². The predicted octanol–water partition coefficient (Wildman–Crippen LogP) is 9.15. The molecule has 2 aromatic heterocycles. The van der Waals surface area contributed by atoms with Gasteiger partial charge in [0, 0.05) is 56.2 Å². The minimum atomic E-state index is -0.719. The summed E-state index contributed by atoms with van der Waals surface area (Å²) >= 11 is 0. The Kier molecular flexibility index (Phi) is 4.46. The number of benzene rings is 6. The van der Waals surface area contributed by atoms with E-state index >= 15 is 0 Å². The van der Waals surface area contributed by atoms with Crippen LogP contribution in [0, 0.1) is 0 Å². The maximum atomic E-state index is 6.73. The zero-order valence-corrected chi connectivity index (χ0v) is 23.3. The third-order valence-electron chi connectivity index (χ3n) is 9.29. The lowest BCUT2D eigenvalue weighted by Gasteiger charge is -2.22. The molecule has 0 saturated carbocycles. The zero-order chi connectivity index (χ0) is 28.1. The van der Waals surface area contributed by atoms with Gasteiger partial charge in [0.15, 0.2) is 0 Å². The van der Waals surface area contributed by atoms with E-state index in [0.29, 0.717) is 0 Å². The fourth-order valence-corrected chi connectivity index (χ4v) is 7.46. The van der Waals surface area contributed by atoms with E-state index in [1.54, 1.807) is 0 Å². The number of aromatic nitrogens is 2. The van der Waals surface area contributed by atoms with Crippen LogP contribution in [-0.2, 0) is 12.8 Å². The van der Waals surface area contributed by atoms with Crippen LogP contribution in [0.1, 0.15) is 11.1 Å². The van der Waals surface area contributed by atoms with Gasteiger partial charge >= 0.3 is 0 Å². The minimum Gasteiger partial charge on any atom is -0.451 e. The van der Waals surface area contributed by atoms with Gasteiger partial charge in [0.1, 0.15) is 11.5 Å². The van der Waals surface area contributed by atoms with Crippen LogP contribution in [0.2, 0.25) is 0 Å². The lowest BCUT2D eigenvalue weighted by atomic mass is 10.0. The average molecular weight is 555 g/mol. The van der Waals surface area contributed by atoms with Gasteiger partial charge in [0.2, 0.25) is 0 Å². The molecular formula is C39H26N2O2. The molecule has 43 heavy (non-hydrogen) atoms. The van der Waals surface area contributed by atoms with Gasteiger partial charge in [-0.05, 0) is 36.4 Å². The Labute approximate surface area is 247 Å². The van der Waals surface area contributed by atoms with Crippen molar-refractivity contribution < 1.29 is 9.47 Å². The van der Waals surface area contributed by atoms with Crippen molar-refractivity contribution in [2.45, 2.75) is 18.6 Å². The molecule has 204 valence electrons. The molecule has 0 atom stereocenters. The van der Waals surface area contributed by atoms with Crippen LogP contribution in [0.25, 0.3) is 55.0 Å². The first-order chi connectivity index (χ1) is 21.2. The second-order valence-corrected chi connectivity index (χ2v) is 11.8. The van der Waals surface area contributed by atoms with Crippen molar-refractivity contribution in [1.29, 1.82) is 0 Å². The quantitative estimate of drug-likeness (QED) is 0.213. The Morgan fingerprint density at radius 3 is 1.14 bits per heavy atom. The summed E-state index contributed by atoms with van der Waals surface area (Å²) in [5, 5.41) is 5.02. The van der Waals surface area contributed by atoms with Gasteiger partial charge in [0.05, 0.1) is 34.9 Å². The second kappa shape index (κ2) is 8.30. The molecule has 8 aromatic rings. The van der Waals surface area contributed by atoms with Gasteiger partial charge in [-0.2, -0.15) is 0 Å². The molecule has 6 aromatic carbocycles. The fourth-order valence-electron chi connectivity index (χ4n) is 7.46. The van der Waals surface area contributed by atoms with Gasteiger partial charge in [-0.1, -0.05) is 84.9 Å².